The summed E-state index contributed by atoms with van der Waals surface area (Å²) >= 11 is 1.73. The number of ether oxygens (including phenoxy) is 6. The second-order valence-electron chi connectivity index (χ2n) is 18.0. The molecule has 0 unspecified atom stereocenters. The average molecular weight is 1360 g/mol. The van der Waals surface area contributed by atoms with E-state index in [2.05, 4.69) is 135 Å². The van der Waals surface area contributed by atoms with Gasteiger partial charge < -0.3 is 53.5 Å². The summed E-state index contributed by atoms with van der Waals surface area (Å²) in [4.78, 5) is 9.26. The molecule has 26 heteroatoms. The van der Waals surface area contributed by atoms with E-state index in [1.807, 2.05) is 54.6 Å². The van der Waals surface area contributed by atoms with Crippen LogP contribution in [0.3, 0.4) is 0 Å². The van der Waals surface area contributed by atoms with E-state index in [4.69, 9.17) is 28.4 Å². The van der Waals surface area contributed by atoms with Gasteiger partial charge in [-0.25, -0.2) is 0 Å². The topological polar surface area (TPSA) is 95.8 Å². The fourth-order valence-corrected chi connectivity index (χ4v) is 12.1. The summed E-state index contributed by atoms with van der Waals surface area (Å²) in [5.41, 5.74) is 1.41. The molecule has 0 amide bonds. The molecule has 2 N–H and O–H groups in total. The van der Waals surface area contributed by atoms with Gasteiger partial charge in [0.05, 0.1) is 35.0 Å². The standard InChI is InChI=1S/C44H44O8S3.C9H12.C5H10.2CH3.2F6P.Fe/c1-47-31-51-35-7-19-41(20-8-35)55(42-21-9-36(10-22-42)52-32-48-2)44-25-13-38(14-26-44)53-37-11-23-43(24-12-37)54(39-15-3-33(4-16-39)49-29-27-45)40-17-5-34(6-18-40)50-30-28-46;1-8(2)9-6-4-3-5-7-9;1-2-4-5-3-1;;;2*1-7(2,3,4,5)6;/h3-26,45-46H,27-32H2,1-2H3;3-8H,1-2H3;1-5H2;2*1H3;;;/q+2;;;4*-1;+3. The molecule has 86 heavy (non-hydrogen) atoms. The summed E-state index contributed by atoms with van der Waals surface area (Å²) < 4.78 is 151. The predicted molar refractivity (Wildman–Crippen MR) is 321 cm³/mol. The van der Waals surface area contributed by atoms with Crippen molar-refractivity contribution in [2.45, 2.75) is 91.0 Å². The smallest absolute Gasteiger partial charge is 0.358 e. The van der Waals surface area contributed by atoms with Crippen LogP contribution in [0.1, 0.15) is 57.4 Å². The third-order valence-electron chi connectivity index (χ3n) is 10.7. The number of hydrogen-bond acceptors (Lipinski definition) is 9. The van der Waals surface area contributed by atoms with Gasteiger partial charge in [0.1, 0.15) is 36.2 Å². The molecule has 1 saturated carbocycles. The Kier molecular flexibility index (Phi) is 32.0. The molecule has 1 fully saturated rings. The minimum atomic E-state index is -10.7. The molecule has 8 nitrogen and oxygen atoms in total. The van der Waals surface area contributed by atoms with Crippen molar-refractivity contribution in [2.75, 3.05) is 54.2 Å². The summed E-state index contributed by atoms with van der Waals surface area (Å²) in [6, 6.07) is 60.5. The Labute approximate surface area is 517 Å². The van der Waals surface area contributed by atoms with Crippen LogP contribution in [-0.4, -0.2) is 64.4 Å². The van der Waals surface area contributed by atoms with Crippen LogP contribution in [0.4, 0.5) is 50.4 Å². The van der Waals surface area contributed by atoms with Gasteiger partial charge in [0.15, 0.2) is 43.0 Å². The van der Waals surface area contributed by atoms with Crippen LogP contribution in [0.2, 0.25) is 0 Å². The first-order valence-corrected chi connectivity index (χ1v) is 32.8. The largest absolute Gasteiger partial charge is 3.00 e. The van der Waals surface area contributed by atoms with Gasteiger partial charge in [0.25, 0.3) is 0 Å². The molecule has 1 radical (unpaired) electrons. The summed E-state index contributed by atoms with van der Waals surface area (Å²) in [5, 5.41) is 18.3. The van der Waals surface area contributed by atoms with Crippen molar-refractivity contribution in [3.63, 3.8) is 0 Å². The van der Waals surface area contributed by atoms with Gasteiger partial charge in [-0.3, -0.25) is 0 Å². The molecule has 8 rings (SSSR count). The second kappa shape index (κ2) is 34.8. The Morgan fingerprint density at radius 1 is 0.395 bits per heavy atom. The molecule has 1 aliphatic rings. The quantitative estimate of drug-likeness (QED) is 0.0182. The van der Waals surface area contributed by atoms with E-state index < -0.39 is 26.5 Å². The van der Waals surface area contributed by atoms with Crippen molar-refractivity contribution in [3.05, 3.63) is 196 Å². The monoisotopic (exact) mass is 1360 g/mol. The van der Waals surface area contributed by atoms with E-state index in [-0.39, 0.29) is 82.8 Å². The van der Waals surface area contributed by atoms with Crippen molar-refractivity contribution >= 4 is 49.2 Å². The van der Waals surface area contributed by atoms with Crippen molar-refractivity contribution in [1.82, 2.24) is 0 Å². The van der Waals surface area contributed by atoms with Gasteiger partial charge in [-0.15, -0.1) is 0 Å². The SMILES string of the molecule is C1CCCC1.CC(C)c1ccccc1.COCOc1ccc([S+](c2ccc(OCOC)cc2)c2ccc(Sc3ccc([S+](c4ccc(OCCO)cc4)c4ccc(OCCO)cc4)cc3)cc2)cc1.F[P-](F)(F)(F)(F)F.F[P-](F)(F)(F)(F)F.[CH3-].[CH3-].[Fe+3]. The molecule has 0 aliphatic heterocycles. The Bertz CT molecular complexity index is 2650. The van der Waals surface area contributed by atoms with Crippen molar-refractivity contribution in [3.8, 4) is 23.0 Å². The van der Waals surface area contributed by atoms with E-state index >= 15 is 0 Å². The first-order chi connectivity index (χ1) is 38.8. The maximum Gasteiger partial charge on any atom is 3.00 e. The van der Waals surface area contributed by atoms with Crippen LogP contribution in [0.5, 0.6) is 23.0 Å². The van der Waals surface area contributed by atoms with Gasteiger partial charge in [-0.2, -0.15) is 0 Å². The summed E-state index contributed by atoms with van der Waals surface area (Å²) in [6.07, 6.45) is 7.50. The molecule has 7 aromatic carbocycles. The maximum atomic E-state index is 9.87. The molecule has 7 aromatic rings. The van der Waals surface area contributed by atoms with Crippen molar-refractivity contribution in [1.29, 1.82) is 0 Å². The number of hydrogen-bond donors (Lipinski definition) is 2. The third kappa shape index (κ3) is 35.8. The fourth-order valence-electron chi connectivity index (χ4n) is 7.23. The van der Waals surface area contributed by atoms with E-state index in [9.17, 15) is 60.6 Å². The first kappa shape index (κ1) is 79.2. The summed E-state index contributed by atoms with van der Waals surface area (Å²) in [5.74, 6) is 3.60. The Morgan fingerprint density at radius 3 is 0.837 bits per heavy atom. The minimum Gasteiger partial charge on any atom is -0.358 e. The van der Waals surface area contributed by atoms with Crippen molar-refractivity contribution < 1.29 is 106 Å². The normalized spacial score (nSPS) is 13.4. The number of aliphatic hydroxyl groups is 2. The van der Waals surface area contributed by atoms with Crippen molar-refractivity contribution in [2.24, 2.45) is 0 Å². The van der Waals surface area contributed by atoms with Gasteiger partial charge in [-0.1, -0.05) is 88.0 Å². The zero-order valence-electron chi connectivity index (χ0n) is 48.0. The van der Waals surface area contributed by atoms with E-state index in [0.717, 1.165) is 42.6 Å². The minimum absolute atomic E-state index is 0. The second-order valence-corrected chi connectivity index (χ2v) is 27.1. The zero-order chi connectivity index (χ0) is 61.3. The Hall–Kier alpha value is -4.83. The number of methoxy groups -OCH3 is 2. The maximum absolute atomic E-state index is 10.7. The third-order valence-corrected chi connectivity index (χ3v) is 16.2. The van der Waals surface area contributed by atoms with Gasteiger partial charge in [0.2, 0.25) is 0 Å². The van der Waals surface area contributed by atoms with Gasteiger partial charge in [-0.05, 0) is 157 Å². The molecular formula is C60H72F12FeO8P2S3+. The number of benzene rings is 7. The zero-order valence-corrected chi connectivity index (χ0v) is 53.3. The van der Waals surface area contributed by atoms with Crippen LogP contribution in [0.25, 0.3) is 0 Å². The number of aliphatic hydroxyl groups excluding tert-OH is 2. The summed E-state index contributed by atoms with van der Waals surface area (Å²) in [6.45, 7) is 5.24. The van der Waals surface area contributed by atoms with Crippen LogP contribution >= 0.6 is 27.4 Å². The van der Waals surface area contributed by atoms with Crippen LogP contribution in [0, 0.1) is 14.9 Å². The fraction of sp³-hybridized carbons (Fsp3) is 0.267. The van der Waals surface area contributed by atoms with Crippen LogP contribution in [0.15, 0.2) is 215 Å². The molecule has 0 saturated heterocycles. The molecule has 0 bridgehead atoms. The average Bonchev–Trinajstić information content (AvgIpc) is 2.37. The molecular weight excluding hydrogens is 1290 g/mol. The molecule has 0 spiro atoms. The number of rotatable bonds is 21. The molecule has 0 heterocycles. The van der Waals surface area contributed by atoms with E-state index in [0.29, 0.717) is 5.92 Å². The number of halogens is 12. The van der Waals surface area contributed by atoms with Gasteiger partial charge in [0, 0.05) is 24.0 Å². The Morgan fingerprint density at radius 2 is 0.628 bits per heavy atom. The predicted octanol–water partition coefficient (Wildman–Crippen LogP) is 21.2. The van der Waals surface area contributed by atoms with E-state index in [1.165, 1.54) is 57.2 Å². The Balaban J connectivity index is 0.000000974. The molecule has 0 atom stereocenters. The summed E-state index contributed by atoms with van der Waals surface area (Å²) in [7, 11) is -18.9. The molecule has 1 aliphatic carbocycles. The molecule has 0 aromatic heterocycles. The van der Waals surface area contributed by atoms with Crippen LogP contribution < -0.4 is 18.9 Å². The van der Waals surface area contributed by atoms with Gasteiger partial charge >= 0.3 is 83.0 Å². The van der Waals surface area contributed by atoms with E-state index in [1.54, 1.807) is 26.0 Å². The van der Waals surface area contributed by atoms with Crippen LogP contribution in [-0.2, 0) is 48.3 Å². The first-order valence-electron chi connectivity index (χ1n) is 25.4. The molecule has 479 valence electrons.